The summed E-state index contributed by atoms with van der Waals surface area (Å²) in [5.74, 6) is -1.02. The van der Waals surface area contributed by atoms with Crippen LogP contribution in [0.25, 0.3) is 34.0 Å². The van der Waals surface area contributed by atoms with E-state index in [0.717, 1.165) is 17.2 Å². The Bertz CT molecular complexity index is 1380. The van der Waals surface area contributed by atoms with E-state index in [9.17, 15) is 18.0 Å². The Morgan fingerprint density at radius 1 is 0.972 bits per heavy atom. The fraction of sp³-hybridized carbons (Fsp3) is 0.250. The number of carboxylic acids is 1. The van der Waals surface area contributed by atoms with Crippen LogP contribution >= 0.6 is 0 Å². The maximum absolute atomic E-state index is 14.0. The van der Waals surface area contributed by atoms with Crippen molar-refractivity contribution in [2.24, 2.45) is 5.92 Å². The Hall–Kier alpha value is -3.94. The summed E-state index contributed by atoms with van der Waals surface area (Å²) >= 11 is 0. The lowest BCUT2D eigenvalue weighted by atomic mass is 9.91. The van der Waals surface area contributed by atoms with Gasteiger partial charge in [0.1, 0.15) is 0 Å². The topological polar surface area (TPSA) is 76.2 Å². The van der Waals surface area contributed by atoms with Crippen LogP contribution in [0.3, 0.4) is 0 Å². The zero-order valence-corrected chi connectivity index (χ0v) is 20.0. The largest absolute Gasteiger partial charge is 0.481 e. The first-order chi connectivity index (χ1) is 17.0. The highest BCUT2D eigenvalue weighted by molar-refractivity contribution is 5.74. The first-order valence-electron chi connectivity index (χ1n) is 11.5. The van der Waals surface area contributed by atoms with Gasteiger partial charge in [-0.3, -0.25) is 4.79 Å². The van der Waals surface area contributed by atoms with Gasteiger partial charge in [0, 0.05) is 11.1 Å². The third-order valence-electron chi connectivity index (χ3n) is 6.30. The van der Waals surface area contributed by atoms with Gasteiger partial charge in [-0.05, 0) is 53.6 Å². The molecular formula is C28H25F3N2O3. The molecule has 0 fully saturated rings. The third kappa shape index (κ3) is 5.32. The molecule has 0 saturated carbocycles. The minimum atomic E-state index is -4.57. The van der Waals surface area contributed by atoms with Crippen molar-refractivity contribution in [1.82, 2.24) is 10.1 Å². The molecule has 8 heteroatoms. The summed E-state index contributed by atoms with van der Waals surface area (Å²) in [5, 5.41) is 13.1. The van der Waals surface area contributed by atoms with Crippen molar-refractivity contribution in [3.63, 3.8) is 0 Å². The second-order valence-corrected chi connectivity index (χ2v) is 8.99. The fourth-order valence-corrected chi connectivity index (χ4v) is 4.21. The summed E-state index contributed by atoms with van der Waals surface area (Å²) in [6.07, 6.45) is -4.07. The molecule has 36 heavy (non-hydrogen) atoms. The van der Waals surface area contributed by atoms with Crippen LogP contribution in [0, 0.1) is 12.8 Å². The van der Waals surface area contributed by atoms with Gasteiger partial charge in [0.15, 0.2) is 0 Å². The molecule has 2 atom stereocenters. The molecule has 0 radical (unpaired) electrons. The molecule has 0 bridgehead atoms. The van der Waals surface area contributed by atoms with Crippen LogP contribution in [0.4, 0.5) is 13.2 Å². The number of aryl methyl sites for hydroxylation is 1. The minimum Gasteiger partial charge on any atom is -0.481 e. The van der Waals surface area contributed by atoms with Gasteiger partial charge in [-0.25, -0.2) is 0 Å². The van der Waals surface area contributed by atoms with E-state index >= 15 is 0 Å². The Balaban J connectivity index is 1.61. The van der Waals surface area contributed by atoms with Crippen LogP contribution in [0.15, 0.2) is 71.3 Å². The van der Waals surface area contributed by atoms with Crippen LogP contribution in [0.5, 0.6) is 0 Å². The van der Waals surface area contributed by atoms with Crippen molar-refractivity contribution < 1.29 is 27.6 Å². The molecule has 3 aromatic carbocycles. The Morgan fingerprint density at radius 3 is 2.28 bits per heavy atom. The molecule has 5 nitrogen and oxygen atoms in total. The summed E-state index contributed by atoms with van der Waals surface area (Å²) in [7, 11) is 0. The number of aromatic nitrogens is 2. The van der Waals surface area contributed by atoms with Crippen LogP contribution in [-0.4, -0.2) is 21.2 Å². The Kier molecular flexibility index (Phi) is 6.97. The number of carbonyl (C=O) groups is 1. The average Bonchev–Trinajstić information content (AvgIpc) is 3.34. The predicted molar refractivity (Wildman–Crippen MR) is 130 cm³/mol. The molecule has 0 amide bonds. The summed E-state index contributed by atoms with van der Waals surface area (Å²) in [5.41, 5.74) is 2.35. The number of benzene rings is 3. The molecule has 4 aromatic rings. The molecule has 0 spiro atoms. The molecule has 0 aliphatic carbocycles. The zero-order valence-electron chi connectivity index (χ0n) is 20.0. The summed E-state index contributed by atoms with van der Waals surface area (Å²) in [6, 6.07) is 18.2. The molecule has 0 saturated heterocycles. The molecule has 1 heterocycles. The summed E-state index contributed by atoms with van der Waals surface area (Å²) in [6.45, 7) is 5.40. The van der Waals surface area contributed by atoms with Crippen molar-refractivity contribution in [2.75, 3.05) is 0 Å². The van der Waals surface area contributed by atoms with Crippen LogP contribution in [0.2, 0.25) is 0 Å². The van der Waals surface area contributed by atoms with Gasteiger partial charge < -0.3 is 9.63 Å². The van der Waals surface area contributed by atoms with E-state index < -0.39 is 23.6 Å². The zero-order chi connectivity index (χ0) is 26.0. The van der Waals surface area contributed by atoms with Crippen LogP contribution in [0.1, 0.15) is 42.9 Å². The molecule has 0 aliphatic heterocycles. The molecule has 4 rings (SSSR count). The minimum absolute atomic E-state index is 0.0143. The van der Waals surface area contributed by atoms with E-state index in [1.807, 2.05) is 19.1 Å². The van der Waals surface area contributed by atoms with Gasteiger partial charge in [0.05, 0.1) is 11.5 Å². The number of carboxylic acid groups (broad SMARTS) is 1. The van der Waals surface area contributed by atoms with E-state index in [1.54, 1.807) is 56.3 Å². The Morgan fingerprint density at radius 2 is 1.64 bits per heavy atom. The van der Waals surface area contributed by atoms with Gasteiger partial charge >= 0.3 is 12.1 Å². The number of nitrogens with zero attached hydrogens (tertiary/aromatic N) is 2. The second-order valence-electron chi connectivity index (χ2n) is 8.99. The number of aliphatic carboxylic acids is 1. The van der Waals surface area contributed by atoms with E-state index in [4.69, 9.17) is 9.63 Å². The summed E-state index contributed by atoms with van der Waals surface area (Å²) in [4.78, 5) is 15.4. The van der Waals surface area contributed by atoms with Crippen LogP contribution in [-0.2, 0) is 11.0 Å². The normalized spacial score (nSPS) is 13.4. The lowest BCUT2D eigenvalue weighted by molar-refractivity contribution is -0.141. The van der Waals surface area contributed by atoms with Gasteiger partial charge in [0.2, 0.25) is 5.82 Å². The standard InChI is InChI=1S/C28H25F3N2O3/c1-16-6-4-5-7-22(16)23-13-12-21(15-24(23)28(29,30)31)26-32-25(33-36-26)20-10-8-19(9-11-20)17(2)14-18(3)27(34)35/h4-13,15,17-18H,14H2,1-3H3,(H,34,35)/t17-,18-/m1/s1. The molecule has 186 valence electrons. The maximum atomic E-state index is 14.0. The van der Waals surface area contributed by atoms with Gasteiger partial charge in [-0.2, -0.15) is 18.2 Å². The lowest BCUT2D eigenvalue weighted by Gasteiger charge is -2.15. The van der Waals surface area contributed by atoms with Gasteiger partial charge in [-0.1, -0.05) is 73.6 Å². The number of halogens is 3. The van der Waals surface area contributed by atoms with Crippen molar-refractivity contribution in [2.45, 2.75) is 39.3 Å². The first-order valence-corrected chi connectivity index (χ1v) is 11.5. The monoisotopic (exact) mass is 494 g/mol. The van der Waals surface area contributed by atoms with Crippen molar-refractivity contribution >= 4 is 5.97 Å². The summed E-state index contributed by atoms with van der Waals surface area (Å²) < 4.78 is 47.2. The molecule has 0 aliphatic rings. The van der Waals surface area contributed by atoms with Gasteiger partial charge in [0.25, 0.3) is 5.89 Å². The van der Waals surface area contributed by atoms with Crippen molar-refractivity contribution in [1.29, 1.82) is 0 Å². The lowest BCUT2D eigenvalue weighted by Crippen LogP contribution is -2.12. The average molecular weight is 495 g/mol. The van der Waals surface area contributed by atoms with E-state index in [0.29, 0.717) is 17.5 Å². The SMILES string of the molecule is Cc1ccccc1-c1ccc(-c2nc(-c3ccc([C@H](C)C[C@@H](C)C(=O)O)cc3)no2)cc1C(F)(F)F. The second kappa shape index (κ2) is 9.97. The number of hydrogen-bond acceptors (Lipinski definition) is 4. The first kappa shape index (κ1) is 25.2. The van der Waals surface area contributed by atoms with Crippen molar-refractivity contribution in [3.05, 3.63) is 83.4 Å². The van der Waals surface area contributed by atoms with Crippen LogP contribution < -0.4 is 0 Å². The van der Waals surface area contributed by atoms with Gasteiger partial charge in [-0.15, -0.1) is 0 Å². The third-order valence-corrected chi connectivity index (χ3v) is 6.30. The fourth-order valence-electron chi connectivity index (χ4n) is 4.21. The number of rotatable bonds is 7. The smallest absolute Gasteiger partial charge is 0.417 e. The highest BCUT2D eigenvalue weighted by atomic mass is 19.4. The Labute approximate surface area is 206 Å². The number of hydrogen-bond donors (Lipinski definition) is 1. The maximum Gasteiger partial charge on any atom is 0.417 e. The molecule has 0 unspecified atom stereocenters. The van der Waals surface area contributed by atoms with E-state index in [1.165, 1.54) is 6.07 Å². The molecular weight excluding hydrogens is 469 g/mol. The molecule has 1 aromatic heterocycles. The van der Waals surface area contributed by atoms with E-state index in [2.05, 4.69) is 10.1 Å². The predicted octanol–water partition coefficient (Wildman–Crippen LogP) is 7.61. The highest BCUT2D eigenvalue weighted by Gasteiger charge is 2.34. The quantitative estimate of drug-likeness (QED) is 0.286. The molecule has 1 N–H and O–H groups in total. The highest BCUT2D eigenvalue weighted by Crippen LogP contribution is 2.40. The van der Waals surface area contributed by atoms with E-state index in [-0.39, 0.29) is 28.8 Å². The number of alkyl halides is 3. The van der Waals surface area contributed by atoms with Crippen molar-refractivity contribution in [3.8, 4) is 34.0 Å².